The second-order valence-electron chi connectivity index (χ2n) is 7.59. The van der Waals surface area contributed by atoms with Gasteiger partial charge in [-0.25, -0.2) is 5.01 Å². The number of nitrogens with one attached hydrogen (secondary N) is 2. The van der Waals surface area contributed by atoms with Crippen LogP contribution in [0, 0.1) is 3.57 Å². The molecule has 3 aromatic rings. The summed E-state index contributed by atoms with van der Waals surface area (Å²) in [7, 11) is 0. The molecule has 2 aliphatic heterocycles. The van der Waals surface area contributed by atoms with Crippen LogP contribution in [0.3, 0.4) is 0 Å². The molecule has 0 saturated heterocycles. The number of hydrazine groups is 1. The first kappa shape index (κ1) is 22.1. The molecular weight excluding hydrogens is 549 g/mol. The summed E-state index contributed by atoms with van der Waals surface area (Å²) in [6, 6.07) is 17.7. The predicted molar refractivity (Wildman–Crippen MR) is 134 cm³/mol. The van der Waals surface area contributed by atoms with Gasteiger partial charge in [0.25, 0.3) is 11.8 Å². The van der Waals surface area contributed by atoms with Gasteiger partial charge in [-0.05, 0) is 77.2 Å². The highest BCUT2D eigenvalue weighted by Crippen LogP contribution is 2.38. The van der Waals surface area contributed by atoms with Crippen LogP contribution in [0.4, 0.5) is 5.69 Å². The van der Waals surface area contributed by atoms with Gasteiger partial charge in [0.2, 0.25) is 6.79 Å². The van der Waals surface area contributed by atoms with Gasteiger partial charge >= 0.3 is 0 Å². The largest absolute Gasteiger partial charge is 0.490 e. The zero-order valence-electron chi connectivity index (χ0n) is 17.9. The van der Waals surface area contributed by atoms with Crippen molar-refractivity contribution < 1.29 is 23.8 Å². The molecule has 1 unspecified atom stereocenters. The van der Waals surface area contributed by atoms with Crippen LogP contribution in [0.25, 0.3) is 0 Å². The Morgan fingerprint density at radius 1 is 1.15 bits per heavy atom. The van der Waals surface area contributed by atoms with E-state index in [0.717, 1.165) is 9.13 Å². The minimum Gasteiger partial charge on any atom is -0.490 e. The molecule has 9 heteroatoms. The molecule has 172 valence electrons. The molecule has 0 fully saturated rings. The summed E-state index contributed by atoms with van der Waals surface area (Å²) in [6.07, 6.45) is 0.985. The van der Waals surface area contributed by atoms with Crippen LogP contribution in [-0.2, 0) is 0 Å². The average Bonchev–Trinajstić information content (AvgIpc) is 3.33. The van der Waals surface area contributed by atoms with Gasteiger partial charge in [0.05, 0.1) is 5.56 Å². The number of carbonyl (C=O) groups is 2. The molecule has 0 bridgehead atoms. The number of carbonyl (C=O) groups excluding carboxylic acids is 2. The first-order valence-electron chi connectivity index (χ1n) is 10.5. The molecule has 1 atom stereocenters. The fraction of sp³-hybridized carbons (Fsp3) is 0.120. The average molecular weight is 569 g/mol. The molecule has 2 heterocycles. The fourth-order valence-corrected chi connectivity index (χ4v) is 4.23. The lowest BCUT2D eigenvalue weighted by atomic mass is 10.0. The molecule has 2 N–H and O–H groups in total. The number of fused-ring (bicyclic) bond motifs is 2. The van der Waals surface area contributed by atoms with Gasteiger partial charge in [-0.15, -0.1) is 0 Å². The molecule has 2 aliphatic rings. The predicted octanol–water partition coefficient (Wildman–Crippen LogP) is 4.50. The van der Waals surface area contributed by atoms with E-state index in [2.05, 4.69) is 39.9 Å². The highest BCUT2D eigenvalue weighted by molar-refractivity contribution is 14.1. The van der Waals surface area contributed by atoms with Crippen LogP contribution in [0.15, 0.2) is 73.3 Å². The van der Waals surface area contributed by atoms with Crippen molar-refractivity contribution in [2.75, 3.05) is 18.7 Å². The lowest BCUT2D eigenvalue weighted by Gasteiger charge is -2.38. The Balaban J connectivity index is 1.46. The van der Waals surface area contributed by atoms with Gasteiger partial charge in [-0.1, -0.05) is 18.7 Å². The highest BCUT2D eigenvalue weighted by atomic mass is 127. The van der Waals surface area contributed by atoms with Crippen molar-refractivity contribution >= 4 is 40.1 Å². The second kappa shape index (κ2) is 9.26. The van der Waals surface area contributed by atoms with Crippen molar-refractivity contribution in [2.24, 2.45) is 0 Å². The van der Waals surface area contributed by atoms with E-state index in [1.807, 2.05) is 18.2 Å². The second-order valence-corrected chi connectivity index (χ2v) is 8.84. The quantitative estimate of drug-likeness (QED) is 0.336. The number of anilines is 1. The molecule has 5 rings (SSSR count). The van der Waals surface area contributed by atoms with Gasteiger partial charge in [0.1, 0.15) is 18.5 Å². The number of hydrogen-bond acceptors (Lipinski definition) is 6. The minimum absolute atomic E-state index is 0.143. The lowest BCUT2D eigenvalue weighted by molar-refractivity contribution is 0.0490. The standard InChI is InChI=1S/C25H20IN3O5/c1-2-11-32-18-7-3-15(4-8-18)24(30)28-29-23(16-5-10-21-22(12-16)34-14-33-21)27-20-9-6-17(26)13-19(20)25(29)31/h2-10,12-13,23,27H,1,11,14H2,(H,28,30). The number of ether oxygens (including phenoxy) is 3. The zero-order valence-corrected chi connectivity index (χ0v) is 20.1. The van der Waals surface area contributed by atoms with Crippen LogP contribution < -0.4 is 25.0 Å². The highest BCUT2D eigenvalue weighted by Gasteiger charge is 2.35. The molecule has 3 aromatic carbocycles. The summed E-state index contributed by atoms with van der Waals surface area (Å²) < 4.78 is 17.3. The van der Waals surface area contributed by atoms with Gasteiger partial charge in [-0.3, -0.25) is 15.0 Å². The normalized spacial score (nSPS) is 15.9. The molecule has 0 spiro atoms. The number of halogens is 1. The van der Waals surface area contributed by atoms with Crippen LogP contribution in [0.1, 0.15) is 32.4 Å². The number of benzene rings is 3. The summed E-state index contributed by atoms with van der Waals surface area (Å²) in [5.74, 6) is 1.09. The molecule has 0 radical (unpaired) electrons. The SMILES string of the molecule is C=CCOc1ccc(C(=O)NN2C(=O)c3cc(I)ccc3NC2c2ccc3c(c2)OCO3)cc1. The van der Waals surface area contributed by atoms with E-state index in [4.69, 9.17) is 14.2 Å². The third-order valence-corrected chi connectivity index (χ3v) is 6.07. The van der Waals surface area contributed by atoms with E-state index in [1.54, 1.807) is 48.5 Å². The summed E-state index contributed by atoms with van der Waals surface area (Å²) in [5, 5.41) is 4.67. The van der Waals surface area contributed by atoms with Crippen molar-refractivity contribution in [2.45, 2.75) is 6.17 Å². The Kier molecular flexibility index (Phi) is 6.01. The minimum atomic E-state index is -0.659. The number of nitrogens with zero attached hydrogens (tertiary/aromatic N) is 1. The maximum absolute atomic E-state index is 13.5. The number of hydrogen-bond donors (Lipinski definition) is 2. The van der Waals surface area contributed by atoms with Crippen molar-refractivity contribution in [3.63, 3.8) is 0 Å². The van der Waals surface area contributed by atoms with E-state index in [-0.39, 0.29) is 12.7 Å². The van der Waals surface area contributed by atoms with Crippen molar-refractivity contribution in [3.8, 4) is 17.2 Å². The van der Waals surface area contributed by atoms with Gasteiger partial charge in [0, 0.05) is 20.4 Å². The molecule has 2 amide bonds. The van der Waals surface area contributed by atoms with E-state index in [9.17, 15) is 9.59 Å². The van der Waals surface area contributed by atoms with Crippen LogP contribution in [0.5, 0.6) is 17.2 Å². The smallest absolute Gasteiger partial charge is 0.276 e. The van der Waals surface area contributed by atoms with Gasteiger partial charge in [0.15, 0.2) is 11.5 Å². The first-order valence-corrected chi connectivity index (χ1v) is 11.6. The topological polar surface area (TPSA) is 89.1 Å². The van der Waals surface area contributed by atoms with E-state index < -0.39 is 12.1 Å². The zero-order chi connectivity index (χ0) is 23.7. The molecule has 0 aliphatic carbocycles. The summed E-state index contributed by atoms with van der Waals surface area (Å²) in [5.41, 5.74) is 5.05. The Bertz CT molecular complexity index is 1280. The van der Waals surface area contributed by atoms with Gasteiger partial charge < -0.3 is 19.5 Å². The van der Waals surface area contributed by atoms with Crippen LogP contribution in [-0.4, -0.2) is 30.2 Å². The molecule has 34 heavy (non-hydrogen) atoms. The Morgan fingerprint density at radius 3 is 2.74 bits per heavy atom. The van der Waals surface area contributed by atoms with Crippen LogP contribution in [0.2, 0.25) is 0 Å². The van der Waals surface area contributed by atoms with E-state index >= 15 is 0 Å². The van der Waals surface area contributed by atoms with E-state index in [0.29, 0.717) is 40.7 Å². The Morgan fingerprint density at radius 2 is 1.94 bits per heavy atom. The first-order chi connectivity index (χ1) is 16.5. The fourth-order valence-electron chi connectivity index (χ4n) is 3.74. The molecule has 8 nitrogen and oxygen atoms in total. The number of amides is 2. The third-order valence-electron chi connectivity index (χ3n) is 5.40. The van der Waals surface area contributed by atoms with Gasteiger partial charge in [-0.2, -0.15) is 0 Å². The Hall–Kier alpha value is -3.73. The molecular formula is C25H20IN3O5. The lowest BCUT2D eigenvalue weighted by Crippen LogP contribution is -2.52. The monoisotopic (exact) mass is 569 g/mol. The van der Waals surface area contributed by atoms with E-state index in [1.165, 1.54) is 5.01 Å². The van der Waals surface area contributed by atoms with Crippen molar-refractivity contribution in [1.82, 2.24) is 10.4 Å². The van der Waals surface area contributed by atoms with Crippen LogP contribution >= 0.6 is 22.6 Å². The van der Waals surface area contributed by atoms with Crippen molar-refractivity contribution in [3.05, 3.63) is 93.6 Å². The molecule has 0 aromatic heterocycles. The Labute approximate surface area is 209 Å². The number of rotatable bonds is 6. The summed E-state index contributed by atoms with van der Waals surface area (Å²) in [6.45, 7) is 4.13. The maximum Gasteiger partial charge on any atom is 0.276 e. The summed E-state index contributed by atoms with van der Waals surface area (Å²) >= 11 is 2.15. The third kappa shape index (κ3) is 4.26. The summed E-state index contributed by atoms with van der Waals surface area (Å²) in [4.78, 5) is 26.6. The molecule has 0 saturated carbocycles. The van der Waals surface area contributed by atoms with Crippen molar-refractivity contribution in [1.29, 1.82) is 0 Å². The maximum atomic E-state index is 13.5.